The van der Waals surface area contributed by atoms with Crippen LogP contribution in [-0.2, 0) is 11.3 Å². The Morgan fingerprint density at radius 3 is 2.68 bits per heavy atom. The van der Waals surface area contributed by atoms with E-state index in [1.807, 2.05) is 37.1 Å². The van der Waals surface area contributed by atoms with Crippen LogP contribution in [0, 0.1) is 5.41 Å². The lowest BCUT2D eigenvalue weighted by atomic mass is 9.90. The van der Waals surface area contributed by atoms with Crippen molar-refractivity contribution in [3.05, 3.63) is 30.1 Å². The number of hydrogen-bond donors (Lipinski definition) is 1. The fraction of sp³-hybridized carbons (Fsp3) is 0.600. The van der Waals surface area contributed by atoms with E-state index in [1.54, 1.807) is 6.20 Å². The van der Waals surface area contributed by atoms with Gasteiger partial charge in [0.25, 0.3) is 0 Å². The number of aromatic nitrogens is 1. The number of carbonyl (C=O) groups excluding carboxylic acids is 1. The highest BCUT2D eigenvalue weighted by molar-refractivity contribution is 5.83. The van der Waals surface area contributed by atoms with Gasteiger partial charge < -0.3 is 10.2 Å². The zero-order valence-electron chi connectivity index (χ0n) is 12.2. The summed E-state index contributed by atoms with van der Waals surface area (Å²) < 4.78 is 0. The van der Waals surface area contributed by atoms with Gasteiger partial charge in [-0.05, 0) is 39.3 Å². The normalized spacial score (nSPS) is 22.1. The highest BCUT2D eigenvalue weighted by Gasteiger charge is 2.41. The molecule has 1 aliphatic heterocycles. The summed E-state index contributed by atoms with van der Waals surface area (Å²) in [5.41, 5.74) is 0.512. The fourth-order valence-electron chi connectivity index (χ4n) is 2.45. The summed E-state index contributed by atoms with van der Waals surface area (Å²) >= 11 is 0. The first kappa shape index (κ1) is 14.0. The number of nitrogens with zero attached hydrogens (tertiary/aromatic N) is 2. The van der Waals surface area contributed by atoms with Crippen molar-refractivity contribution in [3.63, 3.8) is 0 Å². The molecule has 2 rings (SSSR count). The molecule has 1 N–H and O–H groups in total. The molecule has 104 valence electrons. The van der Waals surface area contributed by atoms with Crippen LogP contribution in [0.2, 0.25) is 0 Å². The van der Waals surface area contributed by atoms with Gasteiger partial charge in [0.2, 0.25) is 5.91 Å². The lowest BCUT2D eigenvalue weighted by Crippen LogP contribution is -2.52. The van der Waals surface area contributed by atoms with E-state index < -0.39 is 0 Å². The van der Waals surface area contributed by atoms with E-state index in [-0.39, 0.29) is 16.9 Å². The molecule has 0 radical (unpaired) electrons. The van der Waals surface area contributed by atoms with Crippen LogP contribution in [0.4, 0.5) is 0 Å². The van der Waals surface area contributed by atoms with E-state index in [1.165, 1.54) is 0 Å². The summed E-state index contributed by atoms with van der Waals surface area (Å²) in [4.78, 5) is 18.9. The van der Waals surface area contributed by atoms with Gasteiger partial charge in [-0.3, -0.25) is 9.78 Å². The Balaban J connectivity index is 2.29. The van der Waals surface area contributed by atoms with Gasteiger partial charge in [-0.1, -0.05) is 6.07 Å². The third kappa shape index (κ3) is 2.95. The Hall–Kier alpha value is -1.42. The molecule has 1 amide bonds. The number of hydrogen-bond acceptors (Lipinski definition) is 3. The molecule has 0 saturated carbocycles. The number of carbonyl (C=O) groups is 1. The summed E-state index contributed by atoms with van der Waals surface area (Å²) in [6.45, 7) is 10.4. The zero-order valence-corrected chi connectivity index (χ0v) is 12.2. The quantitative estimate of drug-likeness (QED) is 0.883. The monoisotopic (exact) mass is 261 g/mol. The minimum absolute atomic E-state index is 0.194. The first-order valence-corrected chi connectivity index (χ1v) is 6.75. The van der Waals surface area contributed by atoms with Gasteiger partial charge in [0.1, 0.15) is 0 Å². The van der Waals surface area contributed by atoms with Gasteiger partial charge in [0.05, 0.1) is 11.0 Å². The zero-order chi connectivity index (χ0) is 14.1. The number of pyridine rings is 1. The molecule has 4 heteroatoms. The molecular weight excluding hydrogens is 238 g/mol. The summed E-state index contributed by atoms with van der Waals surface area (Å²) in [5, 5.41) is 3.40. The van der Waals surface area contributed by atoms with E-state index in [0.29, 0.717) is 6.54 Å². The van der Waals surface area contributed by atoms with Gasteiger partial charge in [-0.25, -0.2) is 0 Å². The van der Waals surface area contributed by atoms with Crippen LogP contribution in [-0.4, -0.2) is 34.4 Å². The largest absolute Gasteiger partial charge is 0.331 e. The van der Waals surface area contributed by atoms with E-state index >= 15 is 0 Å². The third-order valence-electron chi connectivity index (χ3n) is 3.74. The standard InChI is InChI=1S/C15H23N3O/c1-14(2)10-17-11-15(3,4)18(13(14)19)9-12-6-5-7-16-8-12/h5-8,17H,9-11H2,1-4H3. The van der Waals surface area contributed by atoms with Gasteiger partial charge in [0, 0.05) is 32.0 Å². The summed E-state index contributed by atoms with van der Waals surface area (Å²) in [6, 6.07) is 3.93. The van der Waals surface area contributed by atoms with Crippen molar-refractivity contribution in [2.75, 3.05) is 13.1 Å². The van der Waals surface area contributed by atoms with E-state index in [0.717, 1.165) is 18.7 Å². The molecule has 19 heavy (non-hydrogen) atoms. The smallest absolute Gasteiger partial charge is 0.230 e. The Kier molecular flexibility index (Phi) is 3.63. The van der Waals surface area contributed by atoms with E-state index in [2.05, 4.69) is 24.1 Å². The Morgan fingerprint density at radius 2 is 2.05 bits per heavy atom. The molecule has 2 heterocycles. The van der Waals surface area contributed by atoms with Crippen LogP contribution in [0.1, 0.15) is 33.3 Å². The van der Waals surface area contributed by atoms with Gasteiger partial charge in [-0.15, -0.1) is 0 Å². The van der Waals surface area contributed by atoms with Gasteiger partial charge in [-0.2, -0.15) is 0 Å². The van der Waals surface area contributed by atoms with Crippen LogP contribution in [0.25, 0.3) is 0 Å². The molecule has 1 aliphatic rings. The predicted molar refractivity (Wildman–Crippen MR) is 75.5 cm³/mol. The Labute approximate surface area is 115 Å². The Morgan fingerprint density at radius 1 is 1.32 bits per heavy atom. The first-order valence-electron chi connectivity index (χ1n) is 6.75. The molecule has 0 aliphatic carbocycles. The maximum atomic E-state index is 12.8. The predicted octanol–water partition coefficient (Wildman–Crippen LogP) is 1.82. The van der Waals surface area contributed by atoms with Crippen LogP contribution in [0.5, 0.6) is 0 Å². The maximum Gasteiger partial charge on any atom is 0.230 e. The SMILES string of the molecule is CC1(C)CNCC(C)(C)N(Cc2cccnc2)C1=O. The number of rotatable bonds is 2. The van der Waals surface area contributed by atoms with Crippen molar-refractivity contribution in [2.24, 2.45) is 5.41 Å². The molecule has 0 atom stereocenters. The highest BCUT2D eigenvalue weighted by atomic mass is 16.2. The molecule has 1 saturated heterocycles. The molecule has 1 aromatic heterocycles. The molecule has 0 unspecified atom stereocenters. The molecule has 1 fully saturated rings. The van der Waals surface area contributed by atoms with Crippen LogP contribution in [0.15, 0.2) is 24.5 Å². The van der Waals surface area contributed by atoms with Gasteiger partial charge >= 0.3 is 0 Å². The first-order chi connectivity index (χ1) is 8.83. The second kappa shape index (κ2) is 4.93. The summed E-state index contributed by atoms with van der Waals surface area (Å²) in [6.07, 6.45) is 3.58. The topological polar surface area (TPSA) is 45.2 Å². The summed E-state index contributed by atoms with van der Waals surface area (Å²) in [5.74, 6) is 0.200. The van der Waals surface area contributed by atoms with E-state index in [9.17, 15) is 4.79 Å². The molecule has 0 aromatic carbocycles. The number of amides is 1. The molecule has 1 aromatic rings. The van der Waals surface area contributed by atoms with Crippen LogP contribution in [0.3, 0.4) is 0 Å². The van der Waals surface area contributed by atoms with E-state index in [4.69, 9.17) is 0 Å². The second-order valence-electron chi connectivity index (χ2n) is 6.55. The van der Waals surface area contributed by atoms with Gasteiger partial charge in [0.15, 0.2) is 0 Å². The second-order valence-corrected chi connectivity index (χ2v) is 6.55. The van der Waals surface area contributed by atoms with Crippen molar-refractivity contribution in [1.29, 1.82) is 0 Å². The molecular formula is C15H23N3O. The third-order valence-corrected chi connectivity index (χ3v) is 3.74. The van der Waals surface area contributed by atoms with Crippen molar-refractivity contribution in [1.82, 2.24) is 15.2 Å². The van der Waals surface area contributed by atoms with Crippen LogP contribution >= 0.6 is 0 Å². The maximum absolute atomic E-state index is 12.8. The molecule has 0 spiro atoms. The van der Waals surface area contributed by atoms with Crippen molar-refractivity contribution >= 4 is 5.91 Å². The highest BCUT2D eigenvalue weighted by Crippen LogP contribution is 2.28. The Bertz CT molecular complexity index is 454. The lowest BCUT2D eigenvalue weighted by molar-refractivity contribution is -0.144. The average molecular weight is 261 g/mol. The van der Waals surface area contributed by atoms with Crippen molar-refractivity contribution in [2.45, 2.75) is 39.8 Å². The average Bonchev–Trinajstić information content (AvgIpc) is 2.41. The minimum Gasteiger partial charge on any atom is -0.331 e. The van der Waals surface area contributed by atoms with Crippen molar-refractivity contribution in [3.8, 4) is 0 Å². The minimum atomic E-state index is -0.365. The number of nitrogens with one attached hydrogen (secondary N) is 1. The lowest BCUT2D eigenvalue weighted by Gasteiger charge is -2.39. The fourth-order valence-corrected chi connectivity index (χ4v) is 2.45. The summed E-state index contributed by atoms with van der Waals surface area (Å²) in [7, 11) is 0. The molecule has 4 nitrogen and oxygen atoms in total. The van der Waals surface area contributed by atoms with Crippen LogP contribution < -0.4 is 5.32 Å². The molecule has 0 bridgehead atoms. The van der Waals surface area contributed by atoms with Crippen molar-refractivity contribution < 1.29 is 4.79 Å².